The monoisotopic (exact) mass is 414 g/mol. The maximum absolute atomic E-state index is 12.9. The first-order valence-corrected chi connectivity index (χ1v) is 11.8. The highest BCUT2D eigenvalue weighted by atomic mass is 32.2. The largest absolute Gasteiger partial charge is 0.349 e. The predicted molar refractivity (Wildman–Crippen MR) is 117 cm³/mol. The molecule has 0 bridgehead atoms. The standard InChI is InChI=1S/C23H30N2O3S/c1-16(2)18-10-12-20(13-11-18)25-29(27,28)21-14-9-17(3)22(15-21)23(26)24-19-7-5-4-6-8-19/h9-16,19,25H,4-8H2,1-3H3,(H,24,26). The minimum atomic E-state index is -3.78. The Kier molecular flexibility index (Phi) is 6.63. The lowest BCUT2D eigenvalue weighted by atomic mass is 9.95. The van der Waals surface area contributed by atoms with Gasteiger partial charge >= 0.3 is 0 Å². The number of benzene rings is 2. The van der Waals surface area contributed by atoms with E-state index in [0.29, 0.717) is 17.2 Å². The Bertz CT molecular complexity index is 960. The summed E-state index contributed by atoms with van der Waals surface area (Å²) in [7, 11) is -3.78. The summed E-state index contributed by atoms with van der Waals surface area (Å²) in [4.78, 5) is 12.8. The fourth-order valence-electron chi connectivity index (χ4n) is 3.67. The molecule has 6 heteroatoms. The lowest BCUT2D eigenvalue weighted by Gasteiger charge is -2.23. The molecule has 1 fully saturated rings. The van der Waals surface area contributed by atoms with E-state index in [1.165, 1.54) is 18.6 Å². The Morgan fingerprint density at radius 3 is 2.28 bits per heavy atom. The molecule has 0 atom stereocenters. The van der Waals surface area contributed by atoms with Crippen LogP contribution in [0, 0.1) is 6.92 Å². The highest BCUT2D eigenvalue weighted by molar-refractivity contribution is 7.92. The number of hydrogen-bond acceptors (Lipinski definition) is 3. The molecule has 2 aromatic carbocycles. The van der Waals surface area contributed by atoms with Crippen molar-refractivity contribution in [2.75, 3.05) is 4.72 Å². The molecule has 2 N–H and O–H groups in total. The second kappa shape index (κ2) is 8.99. The van der Waals surface area contributed by atoms with Gasteiger partial charge in [0.05, 0.1) is 4.90 Å². The molecular formula is C23H30N2O3S. The van der Waals surface area contributed by atoms with E-state index >= 15 is 0 Å². The molecule has 1 amide bonds. The van der Waals surface area contributed by atoms with Crippen molar-refractivity contribution in [3.63, 3.8) is 0 Å². The summed E-state index contributed by atoms with van der Waals surface area (Å²) in [6, 6.07) is 12.2. The van der Waals surface area contributed by atoms with Crippen molar-refractivity contribution in [1.82, 2.24) is 5.32 Å². The highest BCUT2D eigenvalue weighted by Gasteiger charge is 2.21. The number of carbonyl (C=O) groups is 1. The number of hydrogen-bond donors (Lipinski definition) is 2. The van der Waals surface area contributed by atoms with Gasteiger partial charge in [0.15, 0.2) is 0 Å². The summed E-state index contributed by atoms with van der Waals surface area (Å²) >= 11 is 0. The molecule has 0 radical (unpaired) electrons. The summed E-state index contributed by atoms with van der Waals surface area (Å²) in [6.45, 7) is 6.00. The maximum Gasteiger partial charge on any atom is 0.261 e. The Labute approximate surface area is 174 Å². The number of carbonyl (C=O) groups excluding carboxylic acids is 1. The van der Waals surface area contributed by atoms with Gasteiger partial charge in [-0.25, -0.2) is 8.42 Å². The number of anilines is 1. The van der Waals surface area contributed by atoms with Gasteiger partial charge in [-0.15, -0.1) is 0 Å². The first-order chi connectivity index (χ1) is 13.8. The normalized spacial score (nSPS) is 15.3. The lowest BCUT2D eigenvalue weighted by molar-refractivity contribution is 0.0927. The van der Waals surface area contributed by atoms with Crippen LogP contribution in [-0.2, 0) is 10.0 Å². The van der Waals surface area contributed by atoms with E-state index in [4.69, 9.17) is 0 Å². The van der Waals surface area contributed by atoms with Crippen LogP contribution in [0.4, 0.5) is 5.69 Å². The Hall–Kier alpha value is -2.34. The van der Waals surface area contributed by atoms with E-state index in [2.05, 4.69) is 23.9 Å². The third-order valence-electron chi connectivity index (χ3n) is 5.53. The predicted octanol–water partition coefficient (Wildman–Crippen LogP) is 4.98. The second-order valence-electron chi connectivity index (χ2n) is 8.17. The fraction of sp³-hybridized carbons (Fsp3) is 0.435. The highest BCUT2D eigenvalue weighted by Crippen LogP contribution is 2.23. The number of sulfonamides is 1. The first-order valence-electron chi connectivity index (χ1n) is 10.3. The van der Waals surface area contributed by atoms with Gasteiger partial charge < -0.3 is 5.32 Å². The van der Waals surface area contributed by atoms with Crippen LogP contribution < -0.4 is 10.0 Å². The topological polar surface area (TPSA) is 75.3 Å². The molecule has 0 saturated heterocycles. The fourth-order valence-corrected chi connectivity index (χ4v) is 4.76. The van der Waals surface area contributed by atoms with Crippen LogP contribution in [0.5, 0.6) is 0 Å². The Morgan fingerprint density at radius 2 is 1.66 bits per heavy atom. The third-order valence-corrected chi connectivity index (χ3v) is 6.91. The van der Waals surface area contributed by atoms with Crippen molar-refractivity contribution in [2.45, 2.75) is 69.7 Å². The van der Waals surface area contributed by atoms with Gasteiger partial charge in [0.1, 0.15) is 0 Å². The van der Waals surface area contributed by atoms with E-state index < -0.39 is 10.0 Å². The molecule has 0 unspecified atom stereocenters. The number of aryl methyl sites for hydroxylation is 1. The zero-order valence-electron chi connectivity index (χ0n) is 17.4. The molecule has 0 heterocycles. The number of nitrogens with one attached hydrogen (secondary N) is 2. The SMILES string of the molecule is Cc1ccc(S(=O)(=O)Nc2ccc(C(C)C)cc2)cc1C(=O)NC1CCCCC1. The summed E-state index contributed by atoms with van der Waals surface area (Å²) in [5.74, 6) is 0.177. The summed E-state index contributed by atoms with van der Waals surface area (Å²) in [5, 5.41) is 3.07. The number of rotatable bonds is 6. The minimum Gasteiger partial charge on any atom is -0.349 e. The molecule has 156 valence electrons. The first kappa shape index (κ1) is 21.4. The Morgan fingerprint density at radius 1 is 1.00 bits per heavy atom. The molecule has 5 nitrogen and oxygen atoms in total. The van der Waals surface area contributed by atoms with Crippen molar-refractivity contribution in [3.8, 4) is 0 Å². The smallest absolute Gasteiger partial charge is 0.261 e. The summed E-state index contributed by atoms with van der Waals surface area (Å²) in [5.41, 5.74) is 2.82. The van der Waals surface area contributed by atoms with Crippen LogP contribution in [0.3, 0.4) is 0 Å². The zero-order valence-corrected chi connectivity index (χ0v) is 18.2. The van der Waals surface area contributed by atoms with Gasteiger partial charge in [-0.2, -0.15) is 0 Å². The molecule has 0 aliphatic heterocycles. The maximum atomic E-state index is 12.9. The van der Waals surface area contributed by atoms with E-state index in [1.807, 2.05) is 19.1 Å². The molecule has 1 saturated carbocycles. The van der Waals surface area contributed by atoms with Crippen LogP contribution in [-0.4, -0.2) is 20.4 Å². The lowest BCUT2D eigenvalue weighted by Crippen LogP contribution is -2.36. The van der Waals surface area contributed by atoms with Crippen LogP contribution >= 0.6 is 0 Å². The second-order valence-corrected chi connectivity index (χ2v) is 9.85. The van der Waals surface area contributed by atoms with Gasteiger partial charge in [0.2, 0.25) is 0 Å². The average Bonchev–Trinajstić information content (AvgIpc) is 2.69. The average molecular weight is 415 g/mol. The van der Waals surface area contributed by atoms with Gasteiger partial charge in [0, 0.05) is 17.3 Å². The van der Waals surface area contributed by atoms with Crippen LogP contribution in [0.1, 0.15) is 73.4 Å². The Balaban J connectivity index is 1.78. The minimum absolute atomic E-state index is 0.0878. The van der Waals surface area contributed by atoms with Gasteiger partial charge in [-0.1, -0.05) is 51.3 Å². The van der Waals surface area contributed by atoms with Crippen molar-refractivity contribution in [3.05, 3.63) is 59.2 Å². The quantitative estimate of drug-likeness (QED) is 0.700. The molecule has 2 aromatic rings. The van der Waals surface area contributed by atoms with Crippen LogP contribution in [0.25, 0.3) is 0 Å². The molecule has 29 heavy (non-hydrogen) atoms. The third kappa shape index (κ3) is 5.38. The zero-order chi connectivity index (χ0) is 21.0. The summed E-state index contributed by atoms with van der Waals surface area (Å²) < 4.78 is 28.3. The molecule has 3 rings (SSSR count). The van der Waals surface area contributed by atoms with Crippen LogP contribution in [0.2, 0.25) is 0 Å². The van der Waals surface area contributed by atoms with E-state index in [9.17, 15) is 13.2 Å². The number of amides is 1. The van der Waals surface area contributed by atoms with Crippen molar-refractivity contribution >= 4 is 21.6 Å². The molecule has 1 aliphatic carbocycles. The molecular weight excluding hydrogens is 384 g/mol. The van der Waals surface area contributed by atoms with Crippen molar-refractivity contribution < 1.29 is 13.2 Å². The molecule has 1 aliphatic rings. The molecule has 0 spiro atoms. The summed E-state index contributed by atoms with van der Waals surface area (Å²) in [6.07, 6.45) is 5.42. The van der Waals surface area contributed by atoms with Crippen LogP contribution in [0.15, 0.2) is 47.4 Å². The van der Waals surface area contributed by atoms with Gasteiger partial charge in [0.25, 0.3) is 15.9 Å². The van der Waals surface area contributed by atoms with Crippen molar-refractivity contribution in [1.29, 1.82) is 0 Å². The van der Waals surface area contributed by atoms with Gasteiger partial charge in [-0.05, 0) is 61.1 Å². The molecule has 0 aromatic heterocycles. The van der Waals surface area contributed by atoms with E-state index in [-0.39, 0.29) is 16.8 Å². The van der Waals surface area contributed by atoms with Crippen molar-refractivity contribution in [2.24, 2.45) is 0 Å². The van der Waals surface area contributed by atoms with E-state index in [1.54, 1.807) is 18.2 Å². The van der Waals surface area contributed by atoms with Gasteiger partial charge in [-0.3, -0.25) is 9.52 Å². The van der Waals surface area contributed by atoms with E-state index in [0.717, 1.165) is 36.8 Å².